The Kier molecular flexibility index (Phi) is 4.69. The van der Waals surface area contributed by atoms with Crippen LogP contribution in [0.2, 0.25) is 0 Å². The van der Waals surface area contributed by atoms with Gasteiger partial charge in [0.05, 0.1) is 11.5 Å². The standard InChI is InChI=1S/C8H9F3N6O2/c9-8(10,11)5-13-1-6(15-12)3-16-4-7(2-14-16)17(18)19/h1-2,4,12-13H,3,5H2/p+1/b6-1-,15-12?. The lowest BCUT2D eigenvalue weighted by molar-refractivity contribution is -0.615. The van der Waals surface area contributed by atoms with Gasteiger partial charge in [-0.25, -0.2) is 5.53 Å². The molecule has 0 aliphatic heterocycles. The fourth-order valence-electron chi connectivity index (χ4n) is 1.15. The molecule has 1 rings (SSSR count). The van der Waals surface area contributed by atoms with Gasteiger partial charge in [-0.2, -0.15) is 23.4 Å². The van der Waals surface area contributed by atoms with Crippen LogP contribution < -0.4 is 5.32 Å². The summed E-state index contributed by atoms with van der Waals surface area (Å²) in [7, 11) is 0. The van der Waals surface area contributed by atoms with Crippen LogP contribution in [0.15, 0.2) is 29.4 Å². The molecule has 19 heavy (non-hydrogen) atoms. The highest BCUT2D eigenvalue weighted by atomic mass is 19.4. The van der Waals surface area contributed by atoms with E-state index in [1.165, 1.54) is 0 Å². The van der Waals surface area contributed by atoms with Crippen molar-refractivity contribution >= 4 is 5.69 Å². The topological polar surface area (TPSA) is 114 Å². The van der Waals surface area contributed by atoms with Gasteiger partial charge in [-0.3, -0.25) is 14.8 Å². The van der Waals surface area contributed by atoms with Crippen molar-refractivity contribution in [3.05, 3.63) is 34.4 Å². The van der Waals surface area contributed by atoms with Gasteiger partial charge in [0.2, 0.25) is 0 Å². The first kappa shape index (κ1) is 14.8. The molecule has 0 atom stereocenters. The minimum atomic E-state index is -4.33. The molecule has 0 spiro atoms. The molecule has 0 aliphatic carbocycles. The Hall–Kier alpha value is -2.30. The van der Waals surface area contributed by atoms with Crippen molar-refractivity contribution in [1.29, 1.82) is 5.53 Å². The van der Waals surface area contributed by atoms with Gasteiger partial charge >= 0.3 is 11.9 Å². The molecule has 104 valence electrons. The van der Waals surface area contributed by atoms with E-state index in [0.29, 0.717) is 0 Å². The van der Waals surface area contributed by atoms with Crippen molar-refractivity contribution in [2.24, 2.45) is 5.11 Å². The average Bonchev–Trinajstić information content (AvgIpc) is 2.74. The number of quaternary nitrogens is 1. The summed E-state index contributed by atoms with van der Waals surface area (Å²) in [6.07, 6.45) is -1.19. The van der Waals surface area contributed by atoms with Crippen LogP contribution >= 0.6 is 0 Å². The van der Waals surface area contributed by atoms with Crippen LogP contribution in [0, 0.1) is 15.6 Å². The Morgan fingerprint density at radius 1 is 1.68 bits per heavy atom. The van der Waals surface area contributed by atoms with Crippen LogP contribution in [0.4, 0.5) is 18.9 Å². The fraction of sp³-hybridized carbons (Fsp3) is 0.375. The molecule has 0 amide bonds. The lowest BCUT2D eigenvalue weighted by Crippen LogP contribution is -2.81. The molecule has 1 aromatic rings. The van der Waals surface area contributed by atoms with Crippen LogP contribution in [0.5, 0.6) is 0 Å². The zero-order valence-corrected chi connectivity index (χ0v) is 9.46. The summed E-state index contributed by atoms with van der Waals surface area (Å²) in [6, 6.07) is 0. The first-order valence-corrected chi connectivity index (χ1v) is 4.95. The molecular weight excluding hydrogens is 269 g/mol. The van der Waals surface area contributed by atoms with Gasteiger partial charge in [0, 0.05) is 0 Å². The number of nitrogens with zero attached hydrogens (tertiary/aromatic N) is 4. The lowest BCUT2D eigenvalue weighted by atomic mass is 10.4. The zero-order valence-electron chi connectivity index (χ0n) is 9.46. The summed E-state index contributed by atoms with van der Waals surface area (Å²) < 4.78 is 36.8. The number of nitrogens with one attached hydrogen (secondary N) is 1. The number of nitro groups is 1. The Balaban J connectivity index is 2.63. The summed E-state index contributed by atoms with van der Waals surface area (Å²) in [5.74, 6) is 0. The molecule has 0 saturated carbocycles. The van der Waals surface area contributed by atoms with E-state index in [1.807, 2.05) is 0 Å². The van der Waals surface area contributed by atoms with Crippen molar-refractivity contribution < 1.29 is 23.4 Å². The second-order valence-corrected chi connectivity index (χ2v) is 3.48. The third-order valence-corrected chi connectivity index (χ3v) is 1.96. The van der Waals surface area contributed by atoms with Crippen LogP contribution in [0.3, 0.4) is 0 Å². The van der Waals surface area contributed by atoms with E-state index in [1.54, 1.807) is 0 Å². The first-order chi connectivity index (χ1) is 8.81. The quantitative estimate of drug-likeness (QED) is 0.455. The van der Waals surface area contributed by atoms with Gasteiger partial charge < -0.3 is 5.32 Å². The largest absolute Gasteiger partial charge is 0.438 e. The van der Waals surface area contributed by atoms with Crippen molar-refractivity contribution in [1.82, 2.24) is 9.78 Å². The Labute approximate surface area is 104 Å². The number of aromatic nitrogens is 2. The molecule has 0 aromatic carbocycles. The van der Waals surface area contributed by atoms with E-state index in [9.17, 15) is 23.3 Å². The second kappa shape index (κ2) is 6.04. The number of halogens is 3. The maximum atomic E-state index is 11.9. The molecule has 1 aromatic heterocycles. The number of hydrogen-bond acceptors (Lipinski definition) is 5. The number of rotatable bonds is 6. The minimum absolute atomic E-state index is 0.00208. The van der Waals surface area contributed by atoms with E-state index in [-0.39, 0.29) is 17.9 Å². The van der Waals surface area contributed by atoms with E-state index >= 15 is 0 Å². The molecule has 0 radical (unpaired) electrons. The van der Waals surface area contributed by atoms with E-state index in [4.69, 9.17) is 5.53 Å². The number of nitrogens with two attached hydrogens (primary N) is 1. The molecule has 8 nitrogen and oxygen atoms in total. The SMILES string of the molecule is N=N/C(=C\[NH2+]CC(F)(F)F)Cn1cc([N+](=O)[O-])cn1. The Morgan fingerprint density at radius 3 is 2.84 bits per heavy atom. The van der Waals surface area contributed by atoms with Crippen LogP contribution in [0.25, 0.3) is 0 Å². The Morgan fingerprint density at radius 2 is 2.37 bits per heavy atom. The van der Waals surface area contributed by atoms with Crippen molar-refractivity contribution in [3.8, 4) is 0 Å². The summed E-state index contributed by atoms with van der Waals surface area (Å²) in [4.78, 5) is 9.75. The molecule has 0 fully saturated rings. The zero-order chi connectivity index (χ0) is 14.5. The van der Waals surface area contributed by atoms with E-state index in [2.05, 4.69) is 10.2 Å². The third kappa shape index (κ3) is 5.25. The molecule has 0 bridgehead atoms. The highest BCUT2D eigenvalue weighted by molar-refractivity contribution is 5.21. The van der Waals surface area contributed by atoms with Gasteiger partial charge in [0.25, 0.3) is 0 Å². The monoisotopic (exact) mass is 279 g/mol. The minimum Gasteiger partial charge on any atom is -0.311 e. The van der Waals surface area contributed by atoms with Gasteiger partial charge in [-0.1, -0.05) is 0 Å². The predicted molar refractivity (Wildman–Crippen MR) is 55.0 cm³/mol. The summed E-state index contributed by atoms with van der Waals surface area (Å²) in [5, 5.41) is 17.9. The fourth-order valence-corrected chi connectivity index (χ4v) is 1.15. The maximum Gasteiger partial charge on any atom is 0.438 e. The predicted octanol–water partition coefficient (Wildman–Crippen LogP) is 0.789. The second-order valence-electron chi connectivity index (χ2n) is 3.48. The Bertz CT molecular complexity index is 495. The van der Waals surface area contributed by atoms with Gasteiger partial charge in [0.15, 0.2) is 6.54 Å². The van der Waals surface area contributed by atoms with Gasteiger partial charge in [-0.15, -0.1) is 0 Å². The van der Waals surface area contributed by atoms with Gasteiger partial charge in [0.1, 0.15) is 24.3 Å². The van der Waals surface area contributed by atoms with Crippen LogP contribution in [-0.4, -0.2) is 27.4 Å². The number of allylic oxidation sites excluding steroid dienone is 1. The molecule has 11 heteroatoms. The van der Waals surface area contributed by atoms with E-state index in [0.717, 1.165) is 28.6 Å². The molecule has 0 aliphatic rings. The van der Waals surface area contributed by atoms with Crippen molar-refractivity contribution in [2.75, 3.05) is 6.54 Å². The summed E-state index contributed by atoms with van der Waals surface area (Å²) in [6.45, 7) is -1.25. The summed E-state index contributed by atoms with van der Waals surface area (Å²) >= 11 is 0. The number of alkyl halides is 3. The molecule has 0 saturated heterocycles. The first-order valence-electron chi connectivity index (χ1n) is 4.95. The molecule has 0 unspecified atom stereocenters. The summed E-state index contributed by atoms with van der Waals surface area (Å²) in [5.41, 5.74) is 6.57. The number of hydrogen-bond donors (Lipinski definition) is 2. The van der Waals surface area contributed by atoms with Gasteiger partial charge in [-0.05, 0) is 0 Å². The van der Waals surface area contributed by atoms with Crippen LogP contribution in [-0.2, 0) is 6.54 Å². The maximum absolute atomic E-state index is 11.9. The normalized spacial score (nSPS) is 12.5. The van der Waals surface area contributed by atoms with Crippen LogP contribution in [0.1, 0.15) is 0 Å². The molecule has 3 N–H and O–H groups in total. The lowest BCUT2D eigenvalue weighted by Gasteiger charge is -2.02. The highest BCUT2D eigenvalue weighted by Crippen LogP contribution is 2.11. The molecule has 1 heterocycles. The third-order valence-electron chi connectivity index (χ3n) is 1.96. The smallest absolute Gasteiger partial charge is 0.311 e. The highest BCUT2D eigenvalue weighted by Gasteiger charge is 2.29. The van der Waals surface area contributed by atoms with Crippen molar-refractivity contribution in [2.45, 2.75) is 12.7 Å². The van der Waals surface area contributed by atoms with Crippen molar-refractivity contribution in [3.63, 3.8) is 0 Å². The average molecular weight is 279 g/mol. The molecular formula is C8H10F3N6O2+. The van der Waals surface area contributed by atoms with E-state index < -0.39 is 17.6 Å².